The molecule has 0 aliphatic heterocycles. The Balaban J connectivity index is 2.09. The normalized spacial score (nSPS) is 10.3. The van der Waals surface area contributed by atoms with Gasteiger partial charge in [-0.25, -0.2) is 4.39 Å². The first-order valence-corrected chi connectivity index (χ1v) is 7.08. The van der Waals surface area contributed by atoms with Gasteiger partial charge in [0.1, 0.15) is 17.8 Å². The lowest BCUT2D eigenvalue weighted by atomic mass is 10.1. The van der Waals surface area contributed by atoms with Crippen LogP contribution < -0.4 is 5.32 Å². The van der Waals surface area contributed by atoms with Crippen LogP contribution in [0.3, 0.4) is 0 Å². The maximum Gasteiger partial charge on any atom is 0.238 e. The lowest BCUT2D eigenvalue weighted by Crippen LogP contribution is -2.13. The Morgan fingerprint density at radius 1 is 1.12 bits per heavy atom. The number of amides is 1. The summed E-state index contributed by atoms with van der Waals surface area (Å²) in [5.41, 5.74) is 0.863. The lowest BCUT2D eigenvalue weighted by molar-refractivity contribution is -0.115. The van der Waals surface area contributed by atoms with Gasteiger partial charge in [-0.3, -0.25) is 9.59 Å². The number of nitrogens with one attached hydrogen (secondary N) is 1. The van der Waals surface area contributed by atoms with Crippen molar-refractivity contribution in [1.29, 1.82) is 5.26 Å². The minimum absolute atomic E-state index is 0.0610. The van der Waals surface area contributed by atoms with Crippen molar-refractivity contribution in [2.75, 3.05) is 5.32 Å². The average molecular weight is 322 g/mol. The quantitative estimate of drug-likeness (QED) is 0.743. The molecular formula is C18H11FN2O3. The van der Waals surface area contributed by atoms with Crippen LogP contribution in [0.2, 0.25) is 0 Å². The predicted octanol–water partition coefficient (Wildman–Crippen LogP) is 3.66. The zero-order valence-corrected chi connectivity index (χ0v) is 12.4. The van der Waals surface area contributed by atoms with Gasteiger partial charge < -0.3 is 9.73 Å². The molecule has 0 aliphatic rings. The summed E-state index contributed by atoms with van der Waals surface area (Å²) in [7, 11) is 0. The monoisotopic (exact) mass is 322 g/mol. The number of nitrogens with zero attached hydrogens (tertiary/aromatic N) is 1. The van der Waals surface area contributed by atoms with Crippen molar-refractivity contribution in [1.82, 2.24) is 0 Å². The van der Waals surface area contributed by atoms with Crippen LogP contribution >= 0.6 is 0 Å². The number of furan rings is 1. The third-order valence-corrected chi connectivity index (χ3v) is 3.41. The first-order valence-electron chi connectivity index (χ1n) is 7.08. The van der Waals surface area contributed by atoms with Crippen molar-refractivity contribution >= 4 is 28.3 Å². The van der Waals surface area contributed by atoms with Gasteiger partial charge in [0, 0.05) is 10.9 Å². The number of fused-ring (bicyclic) bond motifs is 1. The second-order valence-corrected chi connectivity index (χ2v) is 5.02. The Hall–Kier alpha value is -3.46. The molecule has 1 N–H and O–H groups in total. The summed E-state index contributed by atoms with van der Waals surface area (Å²) in [6.45, 7) is 0. The Labute approximate surface area is 136 Å². The molecule has 24 heavy (non-hydrogen) atoms. The number of nitriles is 1. The van der Waals surface area contributed by atoms with Crippen molar-refractivity contribution in [3.63, 3.8) is 0 Å². The molecule has 1 heterocycles. The molecule has 6 heteroatoms. The number of carbonyl (C=O) groups excluding carboxylic acids is 2. The van der Waals surface area contributed by atoms with Gasteiger partial charge in [0.2, 0.25) is 11.7 Å². The van der Waals surface area contributed by atoms with Crippen LogP contribution in [0, 0.1) is 17.1 Å². The zero-order chi connectivity index (χ0) is 17.1. The predicted molar refractivity (Wildman–Crippen MR) is 84.9 cm³/mol. The number of hydrogen-bond acceptors (Lipinski definition) is 4. The molecule has 0 aliphatic carbocycles. The van der Waals surface area contributed by atoms with Crippen molar-refractivity contribution in [3.05, 3.63) is 65.7 Å². The van der Waals surface area contributed by atoms with E-state index in [9.17, 15) is 14.0 Å². The van der Waals surface area contributed by atoms with E-state index in [-0.39, 0.29) is 23.4 Å². The van der Waals surface area contributed by atoms with Crippen molar-refractivity contribution < 1.29 is 18.4 Å². The molecule has 0 atom stereocenters. The largest absolute Gasteiger partial charge is 0.450 e. The van der Waals surface area contributed by atoms with Gasteiger partial charge in [-0.05, 0) is 36.4 Å². The van der Waals surface area contributed by atoms with Crippen LogP contribution in [0.25, 0.3) is 11.0 Å². The molecule has 5 nitrogen and oxygen atoms in total. The Morgan fingerprint density at radius 2 is 1.83 bits per heavy atom. The van der Waals surface area contributed by atoms with Crippen LogP contribution in [-0.4, -0.2) is 11.7 Å². The fourth-order valence-electron chi connectivity index (χ4n) is 2.32. The summed E-state index contributed by atoms with van der Waals surface area (Å²) in [5.74, 6) is -1.55. The van der Waals surface area contributed by atoms with E-state index < -0.39 is 17.5 Å². The van der Waals surface area contributed by atoms with Crippen LogP contribution in [-0.2, 0) is 4.79 Å². The van der Waals surface area contributed by atoms with Crippen LogP contribution in [0.4, 0.5) is 10.1 Å². The van der Waals surface area contributed by atoms with Crippen LogP contribution in [0.1, 0.15) is 22.5 Å². The van der Waals surface area contributed by atoms with E-state index in [0.717, 1.165) is 0 Å². The number of benzene rings is 2. The molecule has 3 aromatic rings. The van der Waals surface area contributed by atoms with E-state index in [4.69, 9.17) is 9.68 Å². The summed E-state index contributed by atoms with van der Waals surface area (Å²) < 4.78 is 18.6. The number of hydrogen-bond donors (Lipinski definition) is 1. The summed E-state index contributed by atoms with van der Waals surface area (Å²) in [6, 6.07) is 13.6. The van der Waals surface area contributed by atoms with Crippen molar-refractivity contribution in [2.24, 2.45) is 0 Å². The lowest BCUT2D eigenvalue weighted by Gasteiger charge is -2.04. The summed E-state index contributed by atoms with van der Waals surface area (Å²) >= 11 is 0. The Morgan fingerprint density at radius 3 is 2.54 bits per heavy atom. The summed E-state index contributed by atoms with van der Waals surface area (Å²) in [5, 5.41) is 11.7. The van der Waals surface area contributed by atoms with Gasteiger partial charge in [-0.2, -0.15) is 5.26 Å². The molecule has 3 rings (SSSR count). The fourth-order valence-corrected chi connectivity index (χ4v) is 2.32. The van der Waals surface area contributed by atoms with E-state index in [0.29, 0.717) is 11.0 Å². The molecule has 2 aromatic carbocycles. The van der Waals surface area contributed by atoms with Gasteiger partial charge in [0.05, 0.1) is 11.8 Å². The Bertz CT molecular complexity index is 968. The van der Waals surface area contributed by atoms with E-state index in [1.54, 1.807) is 30.3 Å². The minimum atomic E-state index is -0.544. The van der Waals surface area contributed by atoms with E-state index >= 15 is 0 Å². The first kappa shape index (κ1) is 15.4. The smallest absolute Gasteiger partial charge is 0.238 e. The molecule has 0 bridgehead atoms. The second-order valence-electron chi connectivity index (χ2n) is 5.02. The average Bonchev–Trinajstić information content (AvgIpc) is 2.94. The maximum atomic E-state index is 13.0. The number of ketones is 1. The number of rotatable bonds is 4. The van der Waals surface area contributed by atoms with Gasteiger partial charge in [-0.1, -0.05) is 12.1 Å². The Kier molecular flexibility index (Phi) is 4.08. The van der Waals surface area contributed by atoms with Gasteiger partial charge >= 0.3 is 0 Å². The van der Waals surface area contributed by atoms with Crippen molar-refractivity contribution in [2.45, 2.75) is 6.42 Å². The minimum Gasteiger partial charge on any atom is -0.450 e. The van der Waals surface area contributed by atoms with E-state index in [1.807, 2.05) is 0 Å². The molecule has 0 saturated heterocycles. The third kappa shape index (κ3) is 2.88. The fraction of sp³-hybridized carbons (Fsp3) is 0.0556. The number of carbonyl (C=O) groups is 2. The maximum absolute atomic E-state index is 13.0. The third-order valence-electron chi connectivity index (χ3n) is 3.41. The molecule has 0 unspecified atom stereocenters. The molecule has 0 radical (unpaired) electrons. The summed E-state index contributed by atoms with van der Waals surface area (Å²) in [6.07, 6.45) is -0.344. The van der Waals surface area contributed by atoms with Crippen molar-refractivity contribution in [3.8, 4) is 6.07 Å². The SMILES string of the molecule is N#CCC(=O)Nc1c(C(=O)c2ccc(F)cc2)oc2ccccc12. The zero-order valence-electron chi connectivity index (χ0n) is 12.4. The molecule has 1 aromatic heterocycles. The highest BCUT2D eigenvalue weighted by Crippen LogP contribution is 2.32. The van der Waals surface area contributed by atoms with Crippen LogP contribution in [0.5, 0.6) is 0 Å². The molecule has 0 saturated carbocycles. The number of halogens is 1. The molecule has 1 amide bonds. The summed E-state index contributed by atoms with van der Waals surface area (Å²) in [4.78, 5) is 24.4. The number of anilines is 1. The highest BCUT2D eigenvalue weighted by Gasteiger charge is 2.23. The molecule has 0 fully saturated rings. The van der Waals surface area contributed by atoms with Gasteiger partial charge in [-0.15, -0.1) is 0 Å². The molecule has 118 valence electrons. The number of para-hydroxylation sites is 1. The first-order chi connectivity index (χ1) is 11.6. The standard InChI is InChI=1S/C18H11FN2O3/c19-12-7-5-11(6-8-12)17(23)18-16(21-15(22)9-10-20)13-3-1-2-4-14(13)24-18/h1-8H,9H2,(H,21,22). The highest BCUT2D eigenvalue weighted by atomic mass is 19.1. The van der Waals surface area contributed by atoms with Crippen LogP contribution in [0.15, 0.2) is 52.9 Å². The van der Waals surface area contributed by atoms with E-state index in [1.165, 1.54) is 24.3 Å². The molecular weight excluding hydrogens is 311 g/mol. The topological polar surface area (TPSA) is 83.1 Å². The second kappa shape index (κ2) is 6.34. The van der Waals surface area contributed by atoms with E-state index in [2.05, 4.69) is 5.32 Å². The van der Waals surface area contributed by atoms with Gasteiger partial charge in [0.15, 0.2) is 5.76 Å². The molecule has 0 spiro atoms. The van der Waals surface area contributed by atoms with Gasteiger partial charge in [0.25, 0.3) is 0 Å². The highest BCUT2D eigenvalue weighted by molar-refractivity contribution is 6.17.